The molecule has 0 saturated heterocycles. The van der Waals surface area contributed by atoms with Crippen LogP contribution >= 0.6 is 23.1 Å². The lowest BCUT2D eigenvalue weighted by Gasteiger charge is -2.30. The van der Waals surface area contributed by atoms with Crippen molar-refractivity contribution >= 4 is 34.9 Å². The lowest BCUT2D eigenvalue weighted by Crippen LogP contribution is -2.28. The molecule has 0 aliphatic heterocycles. The van der Waals surface area contributed by atoms with Gasteiger partial charge in [-0.05, 0) is 44.4 Å². The predicted molar refractivity (Wildman–Crippen MR) is 121 cm³/mol. The molecular formula is C23H33NO4S2. The van der Waals surface area contributed by atoms with Crippen LogP contribution in [-0.4, -0.2) is 38.3 Å². The molecule has 1 aromatic heterocycles. The summed E-state index contributed by atoms with van der Waals surface area (Å²) < 4.78 is 0.740. The highest BCUT2D eigenvalue weighted by molar-refractivity contribution is 8.01. The Hall–Kier alpha value is -1.18. The van der Waals surface area contributed by atoms with E-state index in [4.69, 9.17) is 5.11 Å². The van der Waals surface area contributed by atoms with Crippen LogP contribution in [0.2, 0.25) is 0 Å². The third-order valence-corrected chi connectivity index (χ3v) is 8.46. The molecule has 0 bridgehead atoms. The van der Waals surface area contributed by atoms with Crippen molar-refractivity contribution in [1.29, 1.82) is 0 Å². The van der Waals surface area contributed by atoms with Crippen molar-refractivity contribution in [2.45, 2.75) is 81.1 Å². The number of hydrogen-bond donors (Lipinski definition) is 2. The van der Waals surface area contributed by atoms with Gasteiger partial charge in [0.05, 0.1) is 5.60 Å². The first kappa shape index (κ1) is 23.5. The van der Waals surface area contributed by atoms with E-state index in [-0.39, 0.29) is 17.5 Å². The maximum Gasteiger partial charge on any atom is 0.355 e. The standard InChI is InChI=1S/C23H33NO4S2/c1-23(28,14-16-6-3-2-4-7-16)12-5-8-17-9-10-20(25)18(17)11-13-29-22-24-19(15-30-22)21(26)27/h5,8,15-18,28H,2-4,6-7,9-14H2,1H3,(H,26,27)/t17-,18+,23+/m0/s1. The zero-order valence-electron chi connectivity index (χ0n) is 17.7. The number of rotatable bonds is 10. The zero-order chi connectivity index (χ0) is 21.6. The molecule has 7 heteroatoms. The molecule has 2 saturated carbocycles. The monoisotopic (exact) mass is 451 g/mol. The van der Waals surface area contributed by atoms with Crippen molar-refractivity contribution in [3.8, 4) is 0 Å². The van der Waals surface area contributed by atoms with Gasteiger partial charge in [0.15, 0.2) is 10.0 Å². The Kier molecular flexibility index (Phi) is 8.54. The molecule has 0 amide bonds. The lowest BCUT2D eigenvalue weighted by molar-refractivity contribution is -0.121. The van der Waals surface area contributed by atoms with Crippen LogP contribution in [0.25, 0.3) is 0 Å². The first-order valence-corrected chi connectivity index (χ1v) is 12.9. The molecule has 1 aromatic rings. The van der Waals surface area contributed by atoms with Crippen LogP contribution in [0.15, 0.2) is 21.9 Å². The Morgan fingerprint density at radius 2 is 2.10 bits per heavy atom. The van der Waals surface area contributed by atoms with E-state index in [9.17, 15) is 14.7 Å². The van der Waals surface area contributed by atoms with Crippen LogP contribution in [0.5, 0.6) is 0 Å². The molecule has 1 heterocycles. The Labute approximate surface area is 187 Å². The summed E-state index contributed by atoms with van der Waals surface area (Å²) in [5.41, 5.74) is -0.584. The summed E-state index contributed by atoms with van der Waals surface area (Å²) in [5, 5.41) is 21.3. The minimum absolute atomic E-state index is 0.0240. The van der Waals surface area contributed by atoms with Crippen molar-refractivity contribution in [2.24, 2.45) is 17.8 Å². The number of nitrogens with zero attached hydrogens (tertiary/aromatic N) is 1. The number of carbonyl (C=O) groups excluding carboxylic acids is 1. The van der Waals surface area contributed by atoms with Crippen LogP contribution in [0.1, 0.15) is 81.6 Å². The van der Waals surface area contributed by atoms with E-state index in [0.29, 0.717) is 24.5 Å². The summed E-state index contributed by atoms with van der Waals surface area (Å²) in [6, 6.07) is 0. The number of allylic oxidation sites excluding steroid dienone is 1. The van der Waals surface area contributed by atoms with Gasteiger partial charge in [-0.25, -0.2) is 9.78 Å². The molecule has 0 radical (unpaired) electrons. The van der Waals surface area contributed by atoms with E-state index in [1.165, 1.54) is 55.2 Å². The summed E-state index contributed by atoms with van der Waals surface area (Å²) in [6.45, 7) is 1.94. The number of carboxylic acids is 1. The van der Waals surface area contributed by atoms with Gasteiger partial charge in [0, 0.05) is 23.5 Å². The first-order valence-electron chi connectivity index (χ1n) is 11.1. The number of aromatic nitrogens is 1. The molecule has 0 aromatic carbocycles. The molecule has 166 valence electrons. The highest BCUT2D eigenvalue weighted by Gasteiger charge is 2.33. The third kappa shape index (κ3) is 6.92. The molecule has 2 N–H and O–H groups in total. The van der Waals surface area contributed by atoms with Crippen LogP contribution in [0.3, 0.4) is 0 Å². The Morgan fingerprint density at radius 1 is 1.33 bits per heavy atom. The van der Waals surface area contributed by atoms with E-state index in [1.54, 1.807) is 5.38 Å². The summed E-state index contributed by atoms with van der Waals surface area (Å²) in [5.74, 6) is 0.989. The second-order valence-corrected chi connectivity index (χ2v) is 11.3. The Bertz CT molecular complexity index is 752. The van der Waals surface area contributed by atoms with Crippen LogP contribution in [0, 0.1) is 17.8 Å². The predicted octanol–water partition coefficient (Wildman–Crippen LogP) is 5.59. The van der Waals surface area contributed by atoms with E-state index >= 15 is 0 Å². The van der Waals surface area contributed by atoms with Gasteiger partial charge in [0.1, 0.15) is 5.78 Å². The van der Waals surface area contributed by atoms with Crippen LogP contribution in [-0.2, 0) is 4.79 Å². The van der Waals surface area contributed by atoms with Crippen molar-refractivity contribution in [3.05, 3.63) is 23.2 Å². The summed E-state index contributed by atoms with van der Waals surface area (Å²) in [4.78, 5) is 27.4. The number of ketones is 1. The third-order valence-electron chi connectivity index (χ3n) is 6.41. The highest BCUT2D eigenvalue weighted by atomic mass is 32.2. The number of thioether (sulfide) groups is 1. The topological polar surface area (TPSA) is 87.5 Å². The summed E-state index contributed by atoms with van der Waals surface area (Å²) in [7, 11) is 0. The molecule has 0 spiro atoms. The van der Waals surface area contributed by atoms with Crippen molar-refractivity contribution in [2.75, 3.05) is 5.75 Å². The maximum atomic E-state index is 12.4. The Balaban J connectivity index is 1.45. The van der Waals surface area contributed by atoms with Crippen LogP contribution < -0.4 is 0 Å². The molecular weight excluding hydrogens is 418 g/mol. The largest absolute Gasteiger partial charge is 0.476 e. The van der Waals surface area contributed by atoms with E-state index in [1.807, 2.05) is 6.92 Å². The molecule has 5 nitrogen and oxygen atoms in total. The highest BCUT2D eigenvalue weighted by Crippen LogP contribution is 2.36. The normalized spacial score (nSPS) is 25.1. The fourth-order valence-corrected chi connectivity index (χ4v) is 6.72. The average Bonchev–Trinajstić information content (AvgIpc) is 3.30. The molecule has 2 fully saturated rings. The SMILES string of the molecule is C[C@@](O)(CC=C[C@H]1CCC(=O)[C@@H]1CCSc1nc(C(=O)O)cs1)CC1CCCCC1. The minimum atomic E-state index is -1.01. The van der Waals surface area contributed by atoms with Crippen molar-refractivity contribution in [1.82, 2.24) is 4.98 Å². The quantitative estimate of drug-likeness (QED) is 0.356. The smallest absolute Gasteiger partial charge is 0.355 e. The van der Waals surface area contributed by atoms with Crippen molar-refractivity contribution < 1.29 is 19.8 Å². The number of carbonyl (C=O) groups is 2. The molecule has 2 aliphatic rings. The zero-order valence-corrected chi connectivity index (χ0v) is 19.3. The molecule has 0 unspecified atom stereocenters. The van der Waals surface area contributed by atoms with Gasteiger partial charge in [-0.1, -0.05) is 56.0 Å². The lowest BCUT2D eigenvalue weighted by atomic mass is 9.80. The summed E-state index contributed by atoms with van der Waals surface area (Å²) >= 11 is 2.86. The van der Waals surface area contributed by atoms with E-state index in [2.05, 4.69) is 17.1 Å². The van der Waals surface area contributed by atoms with Crippen LogP contribution in [0.4, 0.5) is 0 Å². The second kappa shape index (κ2) is 10.9. The van der Waals surface area contributed by atoms with Gasteiger partial charge in [-0.3, -0.25) is 4.79 Å². The number of hydrogen-bond acceptors (Lipinski definition) is 6. The number of thiazole rings is 1. The fourth-order valence-electron chi connectivity index (χ4n) is 4.83. The van der Waals surface area contributed by atoms with Gasteiger partial charge in [0.25, 0.3) is 0 Å². The van der Waals surface area contributed by atoms with Gasteiger partial charge >= 0.3 is 5.97 Å². The van der Waals surface area contributed by atoms with Crippen molar-refractivity contribution in [3.63, 3.8) is 0 Å². The minimum Gasteiger partial charge on any atom is -0.476 e. The van der Waals surface area contributed by atoms with Gasteiger partial charge in [-0.15, -0.1) is 11.3 Å². The molecule has 3 rings (SSSR count). The second-order valence-electron chi connectivity index (χ2n) is 9.05. The number of aromatic carboxylic acids is 1. The molecule has 3 atom stereocenters. The Morgan fingerprint density at radius 3 is 2.80 bits per heavy atom. The number of carboxylic acid groups (broad SMARTS) is 1. The number of aliphatic hydroxyl groups is 1. The van der Waals surface area contributed by atoms with Gasteiger partial charge < -0.3 is 10.2 Å². The van der Waals surface area contributed by atoms with E-state index < -0.39 is 11.6 Å². The molecule has 2 aliphatic carbocycles. The van der Waals surface area contributed by atoms with Gasteiger partial charge in [0.2, 0.25) is 0 Å². The average molecular weight is 452 g/mol. The molecule has 30 heavy (non-hydrogen) atoms. The maximum absolute atomic E-state index is 12.4. The van der Waals surface area contributed by atoms with E-state index in [0.717, 1.165) is 29.4 Å². The number of Topliss-reactive ketones (excluding diaryl/α,β-unsaturated/α-hetero) is 1. The van der Waals surface area contributed by atoms with Gasteiger partial charge in [-0.2, -0.15) is 0 Å². The first-order chi connectivity index (χ1) is 14.3. The summed E-state index contributed by atoms with van der Waals surface area (Å²) in [6.07, 6.45) is 14.4. The fraction of sp³-hybridized carbons (Fsp3) is 0.696.